The van der Waals surface area contributed by atoms with Crippen molar-refractivity contribution in [1.29, 1.82) is 0 Å². The second-order valence-corrected chi connectivity index (χ2v) is 7.29. The largest absolute Gasteiger partial charge is 0.507 e. The highest BCUT2D eigenvalue weighted by atomic mass is 16.5. The number of benzene rings is 2. The number of ketones is 1. The number of carbonyl (C=O) groups is 2. The van der Waals surface area contributed by atoms with Crippen molar-refractivity contribution in [2.45, 2.75) is 19.0 Å². The summed E-state index contributed by atoms with van der Waals surface area (Å²) < 4.78 is 7.15. The van der Waals surface area contributed by atoms with Crippen LogP contribution in [0.1, 0.15) is 23.6 Å². The summed E-state index contributed by atoms with van der Waals surface area (Å²) in [4.78, 5) is 31.5. The average Bonchev–Trinajstić information content (AvgIpc) is 3.41. The minimum absolute atomic E-state index is 0.0899. The highest BCUT2D eigenvalue weighted by Gasteiger charge is 2.45. The van der Waals surface area contributed by atoms with E-state index >= 15 is 0 Å². The van der Waals surface area contributed by atoms with Crippen molar-refractivity contribution in [3.63, 3.8) is 0 Å². The Bertz CT molecular complexity index is 1110. The first kappa shape index (κ1) is 20.4. The summed E-state index contributed by atoms with van der Waals surface area (Å²) in [6.07, 6.45) is 5.91. The number of hydrogen-bond donors (Lipinski definition) is 1. The zero-order chi connectivity index (χ0) is 21.8. The number of carbonyl (C=O) groups excluding carboxylic acids is 2. The Morgan fingerprint density at radius 2 is 1.90 bits per heavy atom. The van der Waals surface area contributed by atoms with Gasteiger partial charge in [0.1, 0.15) is 11.5 Å². The van der Waals surface area contributed by atoms with Gasteiger partial charge in [-0.15, -0.1) is 0 Å². The van der Waals surface area contributed by atoms with E-state index in [1.807, 2.05) is 41.1 Å². The van der Waals surface area contributed by atoms with E-state index in [0.29, 0.717) is 30.8 Å². The highest BCUT2D eigenvalue weighted by Crippen LogP contribution is 2.39. The van der Waals surface area contributed by atoms with Crippen LogP contribution in [0.5, 0.6) is 5.75 Å². The van der Waals surface area contributed by atoms with E-state index in [-0.39, 0.29) is 11.3 Å². The van der Waals surface area contributed by atoms with Gasteiger partial charge in [0.25, 0.3) is 11.7 Å². The third-order valence-electron chi connectivity index (χ3n) is 5.37. The first-order chi connectivity index (χ1) is 15.1. The standard InChI is InChI=1S/C24H23N3O4/c1-31-19-10-5-9-18(15-19)22(28)20-21(17-7-3-2-4-8-17)27(24(30)23(20)29)13-6-12-26-14-11-25-16-26/h2-5,7-11,14-16,21,28H,6,12-13H2,1H3/b22-20+. The fraction of sp³-hybridized carbons (Fsp3) is 0.208. The quantitative estimate of drug-likeness (QED) is 0.362. The fourth-order valence-electron chi connectivity index (χ4n) is 3.86. The number of nitrogens with zero attached hydrogens (tertiary/aromatic N) is 3. The van der Waals surface area contributed by atoms with Crippen LogP contribution in [0.4, 0.5) is 0 Å². The normalized spacial score (nSPS) is 17.8. The van der Waals surface area contributed by atoms with Gasteiger partial charge in [0.2, 0.25) is 0 Å². The molecule has 158 valence electrons. The van der Waals surface area contributed by atoms with E-state index in [1.54, 1.807) is 41.7 Å². The molecule has 0 spiro atoms. The molecule has 4 rings (SSSR count). The third kappa shape index (κ3) is 4.07. The van der Waals surface area contributed by atoms with Crippen molar-refractivity contribution < 1.29 is 19.4 Å². The molecule has 1 atom stereocenters. The molecule has 3 aromatic rings. The lowest BCUT2D eigenvalue weighted by Gasteiger charge is -2.25. The number of amides is 1. The van der Waals surface area contributed by atoms with Crippen molar-refractivity contribution in [1.82, 2.24) is 14.5 Å². The molecule has 1 fully saturated rings. The number of hydrogen-bond acceptors (Lipinski definition) is 5. The number of aliphatic hydroxyl groups excluding tert-OH is 1. The van der Waals surface area contributed by atoms with Gasteiger partial charge in [-0.05, 0) is 24.1 Å². The SMILES string of the molecule is COc1cccc(/C(O)=C2\C(=O)C(=O)N(CCCn3ccnc3)C2c2ccccc2)c1. The van der Waals surface area contributed by atoms with E-state index < -0.39 is 17.7 Å². The molecule has 0 saturated carbocycles. The Hall–Kier alpha value is -3.87. The molecule has 7 nitrogen and oxygen atoms in total. The van der Waals surface area contributed by atoms with Gasteiger partial charge in [0.05, 0.1) is 25.1 Å². The number of aromatic nitrogens is 2. The van der Waals surface area contributed by atoms with Crippen molar-refractivity contribution in [3.05, 3.63) is 90.0 Å². The van der Waals surface area contributed by atoms with Crippen LogP contribution in [-0.2, 0) is 16.1 Å². The number of Topliss-reactive ketones (excluding diaryl/α,β-unsaturated/α-hetero) is 1. The van der Waals surface area contributed by atoms with Gasteiger partial charge in [-0.2, -0.15) is 0 Å². The lowest BCUT2D eigenvalue weighted by atomic mass is 9.95. The molecule has 1 amide bonds. The van der Waals surface area contributed by atoms with Crippen LogP contribution in [0.3, 0.4) is 0 Å². The van der Waals surface area contributed by atoms with Gasteiger partial charge < -0.3 is 19.3 Å². The van der Waals surface area contributed by atoms with E-state index in [1.165, 1.54) is 7.11 Å². The molecule has 1 aliphatic rings. The van der Waals surface area contributed by atoms with Gasteiger partial charge in [-0.3, -0.25) is 9.59 Å². The lowest BCUT2D eigenvalue weighted by Crippen LogP contribution is -2.31. The van der Waals surface area contributed by atoms with Gasteiger partial charge in [-0.1, -0.05) is 42.5 Å². The van der Waals surface area contributed by atoms with Gasteiger partial charge in [-0.25, -0.2) is 4.98 Å². The predicted molar refractivity (Wildman–Crippen MR) is 115 cm³/mol. The first-order valence-corrected chi connectivity index (χ1v) is 10.0. The molecule has 1 aliphatic heterocycles. The lowest BCUT2D eigenvalue weighted by molar-refractivity contribution is -0.139. The summed E-state index contributed by atoms with van der Waals surface area (Å²) in [5.41, 5.74) is 1.29. The Kier molecular flexibility index (Phi) is 5.84. The smallest absolute Gasteiger partial charge is 0.295 e. The topological polar surface area (TPSA) is 84.7 Å². The fourth-order valence-corrected chi connectivity index (χ4v) is 3.86. The maximum Gasteiger partial charge on any atom is 0.295 e. The molecule has 1 unspecified atom stereocenters. The molecule has 2 aromatic carbocycles. The molecule has 0 radical (unpaired) electrons. The van der Waals surface area contributed by atoms with E-state index in [4.69, 9.17) is 4.74 Å². The Morgan fingerprint density at radius 1 is 1.10 bits per heavy atom. The first-order valence-electron chi connectivity index (χ1n) is 10.0. The summed E-state index contributed by atoms with van der Waals surface area (Å²) in [6.45, 7) is 1.04. The van der Waals surface area contributed by atoms with Crippen LogP contribution >= 0.6 is 0 Å². The van der Waals surface area contributed by atoms with Crippen LogP contribution in [0.15, 0.2) is 78.9 Å². The van der Waals surface area contributed by atoms with Crippen molar-refractivity contribution in [2.24, 2.45) is 0 Å². The van der Waals surface area contributed by atoms with E-state index in [9.17, 15) is 14.7 Å². The Morgan fingerprint density at radius 3 is 2.61 bits per heavy atom. The Balaban J connectivity index is 1.72. The van der Waals surface area contributed by atoms with Gasteiger partial charge >= 0.3 is 0 Å². The molecular formula is C24H23N3O4. The Labute approximate surface area is 180 Å². The predicted octanol–water partition coefficient (Wildman–Crippen LogP) is 3.40. The zero-order valence-corrected chi connectivity index (χ0v) is 17.1. The van der Waals surface area contributed by atoms with E-state index in [0.717, 1.165) is 5.56 Å². The molecule has 1 aromatic heterocycles. The molecule has 1 N–H and O–H groups in total. The second kappa shape index (κ2) is 8.87. The van der Waals surface area contributed by atoms with E-state index in [2.05, 4.69) is 4.98 Å². The number of rotatable bonds is 7. The molecule has 1 saturated heterocycles. The number of likely N-dealkylation sites (tertiary alicyclic amines) is 1. The minimum atomic E-state index is -0.684. The van der Waals surface area contributed by atoms with Crippen LogP contribution in [0.2, 0.25) is 0 Å². The van der Waals surface area contributed by atoms with Crippen molar-refractivity contribution >= 4 is 17.4 Å². The number of ether oxygens (including phenoxy) is 1. The highest BCUT2D eigenvalue weighted by molar-refractivity contribution is 6.46. The van der Waals surface area contributed by atoms with Crippen LogP contribution in [0.25, 0.3) is 5.76 Å². The summed E-state index contributed by atoms with van der Waals surface area (Å²) >= 11 is 0. The summed E-state index contributed by atoms with van der Waals surface area (Å²) in [7, 11) is 1.53. The zero-order valence-electron chi connectivity index (χ0n) is 17.1. The molecule has 7 heteroatoms. The summed E-state index contributed by atoms with van der Waals surface area (Å²) in [5, 5.41) is 11.1. The molecule has 31 heavy (non-hydrogen) atoms. The van der Waals surface area contributed by atoms with Crippen molar-refractivity contribution in [2.75, 3.05) is 13.7 Å². The number of methoxy groups -OCH3 is 1. The third-order valence-corrected chi connectivity index (χ3v) is 5.37. The van der Waals surface area contributed by atoms with Gasteiger partial charge in [0, 0.05) is 31.0 Å². The maximum absolute atomic E-state index is 13.0. The van der Waals surface area contributed by atoms with Gasteiger partial charge in [0.15, 0.2) is 0 Å². The second-order valence-electron chi connectivity index (χ2n) is 7.29. The summed E-state index contributed by atoms with van der Waals surface area (Å²) in [5.74, 6) is -0.946. The number of aliphatic hydroxyl groups is 1. The van der Waals surface area contributed by atoms with Crippen LogP contribution in [-0.4, -0.2) is 44.9 Å². The molecule has 2 heterocycles. The number of imidazole rings is 1. The summed E-state index contributed by atoms with van der Waals surface area (Å²) in [6, 6.07) is 15.4. The molecular weight excluding hydrogens is 394 g/mol. The monoisotopic (exact) mass is 417 g/mol. The maximum atomic E-state index is 13.0. The van der Waals surface area contributed by atoms with Crippen LogP contribution in [0, 0.1) is 0 Å². The minimum Gasteiger partial charge on any atom is -0.507 e. The molecule has 0 bridgehead atoms. The number of aryl methyl sites for hydroxylation is 1. The average molecular weight is 417 g/mol. The van der Waals surface area contributed by atoms with Crippen molar-refractivity contribution in [3.8, 4) is 5.75 Å². The van der Waals surface area contributed by atoms with Crippen LogP contribution < -0.4 is 4.74 Å². The molecule has 0 aliphatic carbocycles.